The molecule has 0 aliphatic carbocycles. The molecule has 0 unspecified atom stereocenters. The van der Waals surface area contributed by atoms with Gasteiger partial charge >= 0.3 is 6.03 Å². The molecular weight excluding hydrogens is 344 g/mol. The second-order valence-corrected chi connectivity index (χ2v) is 6.41. The summed E-state index contributed by atoms with van der Waals surface area (Å²) in [6.07, 6.45) is 4.63. The zero-order valence-corrected chi connectivity index (χ0v) is 14.9. The lowest BCUT2D eigenvalue weighted by molar-refractivity contribution is -0.128. The first kappa shape index (κ1) is 18.6. The van der Waals surface area contributed by atoms with Crippen LogP contribution in [-0.2, 0) is 22.6 Å². The number of imide groups is 1. The third kappa shape index (κ3) is 5.13. The summed E-state index contributed by atoms with van der Waals surface area (Å²) >= 11 is 0. The lowest BCUT2D eigenvalue weighted by atomic mass is 10.1. The molecule has 2 aromatic rings. The number of rotatable bonds is 8. The molecule has 1 atom stereocenters. The lowest BCUT2D eigenvalue weighted by Gasteiger charge is -2.13. The fourth-order valence-electron chi connectivity index (χ4n) is 2.95. The topological polar surface area (TPSA) is 91.4 Å². The molecule has 1 aliphatic heterocycles. The zero-order chi connectivity index (χ0) is 19.1. The molecule has 0 bridgehead atoms. The highest BCUT2D eigenvalue weighted by molar-refractivity contribution is 6.04. The average molecular weight is 366 g/mol. The van der Waals surface area contributed by atoms with Gasteiger partial charge in [0.25, 0.3) is 5.91 Å². The monoisotopic (exact) mass is 366 g/mol. The van der Waals surface area contributed by atoms with Crippen molar-refractivity contribution in [1.29, 1.82) is 0 Å². The smallest absolute Gasteiger partial charge is 0.325 e. The van der Waals surface area contributed by atoms with Gasteiger partial charge < -0.3 is 10.6 Å². The van der Waals surface area contributed by atoms with Crippen molar-refractivity contribution in [3.05, 3.63) is 66.0 Å². The van der Waals surface area contributed by atoms with E-state index in [0.29, 0.717) is 6.54 Å². The van der Waals surface area contributed by atoms with Gasteiger partial charge in [-0.3, -0.25) is 19.5 Å². The molecule has 1 aliphatic rings. The quantitative estimate of drug-likeness (QED) is 0.695. The molecule has 2 heterocycles. The van der Waals surface area contributed by atoms with Crippen LogP contribution >= 0.6 is 0 Å². The molecule has 140 valence electrons. The van der Waals surface area contributed by atoms with Crippen molar-refractivity contribution in [3.63, 3.8) is 0 Å². The van der Waals surface area contributed by atoms with Crippen molar-refractivity contribution in [3.8, 4) is 0 Å². The van der Waals surface area contributed by atoms with Gasteiger partial charge in [-0.15, -0.1) is 0 Å². The van der Waals surface area contributed by atoms with Crippen LogP contribution in [0.15, 0.2) is 54.9 Å². The number of nitrogens with zero attached hydrogens (tertiary/aromatic N) is 2. The molecule has 0 spiro atoms. The van der Waals surface area contributed by atoms with Gasteiger partial charge in [-0.1, -0.05) is 30.3 Å². The Balaban J connectivity index is 1.42. The van der Waals surface area contributed by atoms with Gasteiger partial charge in [0.15, 0.2) is 0 Å². The third-order valence-electron chi connectivity index (χ3n) is 4.44. The van der Waals surface area contributed by atoms with Crippen LogP contribution < -0.4 is 10.6 Å². The van der Waals surface area contributed by atoms with E-state index in [1.54, 1.807) is 12.4 Å². The first-order chi connectivity index (χ1) is 13.1. The Morgan fingerprint density at radius 3 is 2.56 bits per heavy atom. The first-order valence-electron chi connectivity index (χ1n) is 8.95. The Morgan fingerprint density at radius 2 is 1.81 bits per heavy atom. The lowest BCUT2D eigenvalue weighted by Crippen LogP contribution is -2.33. The van der Waals surface area contributed by atoms with Gasteiger partial charge in [0.1, 0.15) is 6.04 Å². The minimum atomic E-state index is -0.646. The Bertz CT molecular complexity index is 795. The number of aromatic nitrogens is 1. The first-order valence-corrected chi connectivity index (χ1v) is 8.95. The van der Waals surface area contributed by atoms with Crippen molar-refractivity contribution < 1.29 is 14.4 Å². The number of urea groups is 1. The highest BCUT2D eigenvalue weighted by Crippen LogP contribution is 2.15. The molecule has 2 N–H and O–H groups in total. The number of carbonyl (C=O) groups excluding carboxylic acids is 3. The van der Waals surface area contributed by atoms with Crippen LogP contribution in [0.25, 0.3) is 0 Å². The van der Waals surface area contributed by atoms with Crippen LogP contribution in [0.4, 0.5) is 4.79 Å². The number of carbonyl (C=O) groups is 3. The number of amides is 4. The highest BCUT2D eigenvalue weighted by atomic mass is 16.2. The van der Waals surface area contributed by atoms with Crippen LogP contribution in [0.5, 0.6) is 0 Å². The summed E-state index contributed by atoms with van der Waals surface area (Å²) < 4.78 is 0. The molecule has 3 rings (SSSR count). The SMILES string of the molecule is O=C(CC[C@H]1NC(=O)N(Cc2ccccc2)C1=O)NCCc1ccncc1. The maximum atomic E-state index is 12.4. The number of pyridine rings is 1. The molecule has 4 amide bonds. The van der Waals surface area contributed by atoms with Crippen molar-refractivity contribution in [1.82, 2.24) is 20.5 Å². The summed E-state index contributed by atoms with van der Waals surface area (Å²) in [5.41, 5.74) is 1.98. The van der Waals surface area contributed by atoms with Gasteiger partial charge in [0, 0.05) is 25.4 Å². The Labute approximate surface area is 157 Å². The van der Waals surface area contributed by atoms with Crippen molar-refractivity contribution >= 4 is 17.8 Å². The van der Waals surface area contributed by atoms with Crippen molar-refractivity contribution in [2.24, 2.45) is 0 Å². The fraction of sp³-hybridized carbons (Fsp3) is 0.300. The van der Waals surface area contributed by atoms with Crippen LogP contribution in [-0.4, -0.2) is 40.3 Å². The van der Waals surface area contributed by atoms with Gasteiger partial charge in [0.2, 0.25) is 5.91 Å². The fourth-order valence-corrected chi connectivity index (χ4v) is 2.95. The van der Waals surface area contributed by atoms with Gasteiger partial charge in [0.05, 0.1) is 6.54 Å². The van der Waals surface area contributed by atoms with Crippen molar-refractivity contribution in [2.45, 2.75) is 31.8 Å². The van der Waals surface area contributed by atoms with E-state index in [4.69, 9.17) is 0 Å². The standard InChI is InChI=1S/C20H22N4O3/c25-18(22-13-10-15-8-11-21-12-9-15)7-6-17-19(26)24(20(27)23-17)14-16-4-2-1-3-5-16/h1-5,8-9,11-12,17H,6-7,10,13-14H2,(H,22,25)(H,23,27)/t17-/m1/s1. The molecule has 1 aromatic carbocycles. The normalized spacial score (nSPS) is 16.3. The van der Waals surface area contributed by atoms with Crippen LogP contribution in [0.2, 0.25) is 0 Å². The maximum absolute atomic E-state index is 12.4. The Morgan fingerprint density at radius 1 is 1.07 bits per heavy atom. The Hall–Kier alpha value is -3.22. The minimum absolute atomic E-state index is 0.132. The van der Waals surface area contributed by atoms with E-state index >= 15 is 0 Å². The number of nitrogens with one attached hydrogen (secondary N) is 2. The molecule has 27 heavy (non-hydrogen) atoms. The molecule has 1 fully saturated rings. The second kappa shape index (κ2) is 8.93. The summed E-state index contributed by atoms with van der Waals surface area (Å²) in [6.45, 7) is 0.758. The van der Waals surface area contributed by atoms with Crippen LogP contribution in [0, 0.1) is 0 Å². The molecule has 7 heteroatoms. The number of hydrogen-bond acceptors (Lipinski definition) is 4. The van der Waals surface area contributed by atoms with Crippen molar-refractivity contribution in [2.75, 3.05) is 6.54 Å². The summed E-state index contributed by atoms with van der Waals surface area (Å²) in [5.74, 6) is -0.416. The third-order valence-corrected chi connectivity index (χ3v) is 4.44. The van der Waals surface area contributed by atoms with Gasteiger partial charge in [-0.25, -0.2) is 4.79 Å². The number of benzene rings is 1. The zero-order valence-electron chi connectivity index (χ0n) is 14.9. The molecule has 1 saturated heterocycles. The second-order valence-electron chi connectivity index (χ2n) is 6.41. The summed E-state index contributed by atoms with van der Waals surface area (Å²) in [6, 6.07) is 12.1. The van der Waals surface area contributed by atoms with E-state index in [2.05, 4.69) is 15.6 Å². The highest BCUT2D eigenvalue weighted by Gasteiger charge is 2.37. The van der Waals surface area contributed by atoms with E-state index in [1.165, 1.54) is 4.90 Å². The minimum Gasteiger partial charge on any atom is -0.356 e. The number of hydrogen-bond donors (Lipinski definition) is 2. The van der Waals surface area contributed by atoms with Gasteiger partial charge in [-0.2, -0.15) is 0 Å². The molecule has 1 aromatic heterocycles. The van der Waals surface area contributed by atoms with Crippen LogP contribution in [0.3, 0.4) is 0 Å². The summed E-state index contributed by atoms with van der Waals surface area (Å²) in [5, 5.41) is 5.50. The molecular formula is C20H22N4O3. The maximum Gasteiger partial charge on any atom is 0.325 e. The molecule has 0 saturated carbocycles. The largest absolute Gasteiger partial charge is 0.356 e. The predicted octanol–water partition coefficient (Wildman–Crippen LogP) is 1.64. The van der Waals surface area contributed by atoms with E-state index < -0.39 is 12.1 Å². The summed E-state index contributed by atoms with van der Waals surface area (Å²) in [4.78, 5) is 41.6. The summed E-state index contributed by atoms with van der Waals surface area (Å²) in [7, 11) is 0. The molecule has 7 nitrogen and oxygen atoms in total. The Kier molecular flexibility index (Phi) is 6.14. The van der Waals surface area contributed by atoms with E-state index in [-0.39, 0.29) is 31.2 Å². The van der Waals surface area contributed by atoms with Gasteiger partial charge in [-0.05, 0) is 36.1 Å². The predicted molar refractivity (Wildman–Crippen MR) is 99.5 cm³/mol. The van der Waals surface area contributed by atoms with E-state index in [9.17, 15) is 14.4 Å². The van der Waals surface area contributed by atoms with E-state index in [1.807, 2.05) is 42.5 Å². The van der Waals surface area contributed by atoms with Crippen LogP contribution in [0.1, 0.15) is 24.0 Å². The average Bonchev–Trinajstić information content (AvgIpc) is 2.95. The molecule has 0 radical (unpaired) electrons. The van der Waals surface area contributed by atoms with E-state index in [0.717, 1.165) is 17.5 Å².